The number of rotatable bonds is 4. The van der Waals surface area contributed by atoms with Crippen molar-refractivity contribution in [1.82, 2.24) is 0 Å². The van der Waals surface area contributed by atoms with Gasteiger partial charge in [-0.15, -0.1) is 0 Å². The van der Waals surface area contributed by atoms with Crippen LogP contribution in [0, 0.1) is 0 Å². The third-order valence-corrected chi connectivity index (χ3v) is 12.5. The van der Waals surface area contributed by atoms with Crippen LogP contribution in [-0.4, -0.2) is 9.79 Å². The summed E-state index contributed by atoms with van der Waals surface area (Å²) in [6, 6.07) is 0. The molecule has 6 unspecified atom stereocenters. The van der Waals surface area contributed by atoms with Crippen LogP contribution in [0.4, 0.5) is 0 Å². The van der Waals surface area contributed by atoms with Gasteiger partial charge in [0.2, 0.25) is 0 Å². The maximum absolute atomic E-state index is 12.1. The van der Waals surface area contributed by atoms with Crippen LogP contribution in [0.2, 0.25) is 0 Å². The fourth-order valence-corrected chi connectivity index (χ4v) is 10.6. The van der Waals surface area contributed by atoms with Gasteiger partial charge in [0.15, 0.2) is 0 Å². The van der Waals surface area contributed by atoms with E-state index in [0.29, 0.717) is 0 Å². The van der Waals surface area contributed by atoms with Crippen molar-refractivity contribution in [3.05, 3.63) is 0 Å². The molecule has 1 fully saturated rings. The van der Waals surface area contributed by atoms with Crippen molar-refractivity contribution >= 4 is 46.9 Å². The fourth-order valence-electron chi connectivity index (χ4n) is 0.994. The van der Waals surface area contributed by atoms with E-state index in [1.165, 1.54) is 0 Å². The minimum atomic E-state index is -6.07. The monoisotopic (exact) mass is 540 g/mol. The van der Waals surface area contributed by atoms with Gasteiger partial charge in [-0.2, -0.15) is 25.9 Å². The van der Waals surface area contributed by atoms with E-state index < -0.39 is 46.9 Å². The van der Waals surface area contributed by atoms with Gasteiger partial charge in [0, 0.05) is 0 Å². The molecule has 6 atom stereocenters. The van der Waals surface area contributed by atoms with Crippen LogP contribution in [0.3, 0.4) is 0 Å². The molecule has 0 aromatic rings. The van der Waals surface area contributed by atoms with E-state index in [-0.39, 0.29) is 0 Å². The van der Waals surface area contributed by atoms with Gasteiger partial charge in [0.05, 0.1) is 0 Å². The number of hydrogen-bond donors (Lipinski definition) is 6. The molecular weight excluding hydrogens is 530 g/mol. The molecule has 28 heavy (non-hydrogen) atoms. The van der Waals surface area contributed by atoms with Crippen LogP contribution in [0.5, 0.6) is 0 Å². The highest BCUT2D eigenvalue weighted by Crippen LogP contribution is 2.81. The molecule has 0 bridgehead atoms. The first-order valence-corrected chi connectivity index (χ1v) is 14.2. The summed E-state index contributed by atoms with van der Waals surface area (Å²) in [7, 11) is -35.3. The van der Waals surface area contributed by atoms with Gasteiger partial charge < -0.3 is 9.79 Å². The molecule has 1 aliphatic rings. The molecule has 1 aliphatic heterocycles. The average molecular weight is 540 g/mol. The summed E-state index contributed by atoms with van der Waals surface area (Å²) >= 11 is 0. The summed E-state index contributed by atoms with van der Waals surface area (Å²) < 4.78 is 109. The molecule has 1 rings (SSSR count). The summed E-state index contributed by atoms with van der Waals surface area (Å²) in [5.74, 6) is 18.0. The zero-order valence-electron chi connectivity index (χ0n) is 12.4. The zero-order chi connectivity index (χ0) is 22.1. The van der Waals surface area contributed by atoms with Crippen LogP contribution in [0.15, 0.2) is 0 Å². The molecule has 0 aromatic carbocycles. The van der Waals surface area contributed by atoms with Gasteiger partial charge in [-0.1, -0.05) is 0 Å². The highest BCUT2D eigenvalue weighted by atomic mass is 31.3. The Labute approximate surface area is 153 Å². The molecule has 28 heteroatoms. The smallest absolute Gasteiger partial charge is 0.302 e. The van der Waals surface area contributed by atoms with E-state index in [1.54, 1.807) is 0 Å². The highest BCUT2D eigenvalue weighted by Gasteiger charge is 2.57. The van der Waals surface area contributed by atoms with Gasteiger partial charge in [0.1, 0.15) is 0 Å². The van der Waals surface area contributed by atoms with Crippen molar-refractivity contribution in [3.8, 4) is 0 Å². The minimum Gasteiger partial charge on any atom is -0.302 e. The lowest BCUT2D eigenvalue weighted by Crippen LogP contribution is -2.12. The Morgan fingerprint density at radius 2 is 0.679 bits per heavy atom. The molecule has 0 amide bonds. The molecule has 22 nitrogen and oxygen atoms in total. The predicted molar refractivity (Wildman–Crippen MR) is 77.7 cm³/mol. The fraction of sp³-hybridized carbons (Fsp3) is 0. The second-order valence-corrected chi connectivity index (χ2v) is 13.9. The van der Waals surface area contributed by atoms with Crippen LogP contribution in [0.1, 0.15) is 0 Å². The molecule has 0 saturated carbocycles. The first-order chi connectivity index (χ1) is 12.5. The van der Waals surface area contributed by atoms with Gasteiger partial charge in [-0.3, -0.25) is 0 Å². The molecule has 0 aromatic heterocycles. The van der Waals surface area contributed by atoms with Gasteiger partial charge >= 0.3 is 46.9 Å². The van der Waals surface area contributed by atoms with E-state index in [1.807, 2.05) is 0 Å². The number of phosphoric acid groups is 6. The van der Waals surface area contributed by atoms with Gasteiger partial charge in [0.25, 0.3) is 0 Å². The number of nitrogens with two attached hydrogens (primary N) is 4. The van der Waals surface area contributed by atoms with E-state index in [9.17, 15) is 37.2 Å². The van der Waals surface area contributed by atoms with E-state index in [2.05, 4.69) is 67.9 Å². The first kappa shape index (κ1) is 26.8. The van der Waals surface area contributed by atoms with Crippen molar-refractivity contribution in [2.75, 3.05) is 0 Å². The van der Waals surface area contributed by atoms with Crippen molar-refractivity contribution in [1.29, 1.82) is 0 Å². The Hall–Kier alpha value is 0.740. The molecule has 1 heterocycles. The van der Waals surface area contributed by atoms with Gasteiger partial charge in [-0.05, 0) is 0 Å². The summed E-state index contributed by atoms with van der Waals surface area (Å²) in [5, 5.41) is 0. The second kappa shape index (κ2) is 9.08. The van der Waals surface area contributed by atoms with E-state index in [0.717, 1.165) is 0 Å². The van der Waals surface area contributed by atoms with Crippen molar-refractivity contribution < 1.29 is 81.5 Å². The SMILES string of the molecule is NOP1(=O)OP(=O)(O)OP(=O)(O)OP(=O)(ON)OP(=O)(ON)OP(=O)(ON)O1. The summed E-state index contributed by atoms with van der Waals surface area (Å²) in [4.78, 5) is 18.6. The van der Waals surface area contributed by atoms with E-state index >= 15 is 0 Å². The Balaban J connectivity index is 3.61. The Morgan fingerprint density at radius 3 is 0.893 bits per heavy atom. The summed E-state index contributed by atoms with van der Waals surface area (Å²) in [5.41, 5.74) is 0. The molecule has 0 spiro atoms. The zero-order valence-corrected chi connectivity index (χ0v) is 17.8. The molecule has 0 aliphatic carbocycles. The number of hydrogen-bond acceptors (Lipinski definition) is 20. The van der Waals surface area contributed by atoms with Crippen molar-refractivity contribution in [3.63, 3.8) is 0 Å². The van der Waals surface area contributed by atoms with Crippen molar-refractivity contribution in [2.24, 2.45) is 23.6 Å². The quantitative estimate of drug-likeness (QED) is 0.206. The lowest BCUT2D eigenvalue weighted by atomic mass is 13.6. The van der Waals surface area contributed by atoms with Crippen LogP contribution < -0.4 is 23.6 Å². The average Bonchev–Trinajstić information content (AvgIpc) is 2.51. The molecule has 1 saturated heterocycles. The minimum absolute atomic E-state index is 3.53. The third-order valence-electron chi connectivity index (χ3n) is 1.73. The molecular formula is H10N4O18P6. The highest BCUT2D eigenvalue weighted by molar-refractivity contribution is 7.75. The summed E-state index contributed by atoms with van der Waals surface area (Å²) in [6.45, 7) is 0. The second-order valence-electron chi connectivity index (χ2n) is 3.64. The standard InChI is InChI=1S/H10N4O18P6/c1-13-25(9)18-23(5,6)17-24(7,8)19-26(10,14-2)21-28(12,16-4)22-27(11,15-3)20-25/h1-4H2,(H,5,6)(H,7,8). The largest absolute Gasteiger partial charge is 0.509 e. The lowest BCUT2D eigenvalue weighted by Gasteiger charge is -2.26. The normalized spacial score (nSPS) is 49.1. The Bertz CT molecular complexity index is 790. The topological polar surface area (TPSA) is 339 Å². The third kappa shape index (κ3) is 7.46. The first-order valence-electron chi connectivity index (χ1n) is 5.36. The lowest BCUT2D eigenvalue weighted by molar-refractivity contribution is 0.118. The van der Waals surface area contributed by atoms with Crippen LogP contribution in [-0.2, 0) is 71.8 Å². The molecule has 0 radical (unpaired) electrons. The van der Waals surface area contributed by atoms with Crippen LogP contribution in [0.25, 0.3) is 0 Å². The van der Waals surface area contributed by atoms with Crippen molar-refractivity contribution in [2.45, 2.75) is 0 Å². The van der Waals surface area contributed by atoms with E-state index in [4.69, 9.17) is 0 Å². The summed E-state index contributed by atoms with van der Waals surface area (Å²) in [6.07, 6.45) is 0. The van der Waals surface area contributed by atoms with Crippen LogP contribution >= 0.6 is 46.9 Å². The predicted octanol–water partition coefficient (Wildman–Crippen LogP) is 0.294. The maximum Gasteiger partial charge on any atom is 0.509 e. The Kier molecular flexibility index (Phi) is 8.68. The molecule has 10 N–H and O–H groups in total. The van der Waals surface area contributed by atoms with Gasteiger partial charge in [-0.25, -0.2) is 69.5 Å². The molecule has 168 valence electrons. The Morgan fingerprint density at radius 1 is 0.464 bits per heavy atom. The maximum atomic E-state index is 12.1.